The van der Waals surface area contributed by atoms with Gasteiger partial charge in [-0.05, 0) is 26.7 Å². The fraction of sp³-hybridized carbons (Fsp3) is 0.500. The zero-order chi connectivity index (χ0) is 15.1. The smallest absolute Gasteiger partial charge is 0.212 e. The Labute approximate surface area is 120 Å². The van der Waals surface area contributed by atoms with Gasteiger partial charge in [0.1, 0.15) is 18.5 Å². The van der Waals surface area contributed by atoms with Gasteiger partial charge in [0.15, 0.2) is 0 Å². The van der Waals surface area contributed by atoms with Crippen LogP contribution in [0, 0.1) is 5.41 Å². The molecule has 0 radical (unpaired) electrons. The fourth-order valence-corrected chi connectivity index (χ4v) is 1.83. The zero-order valence-electron chi connectivity index (χ0n) is 12.6. The molecule has 0 amide bonds. The summed E-state index contributed by atoms with van der Waals surface area (Å²) in [5.41, 5.74) is 0.714. The normalized spacial score (nSPS) is 13.4. The Bertz CT molecular complexity index is 476. The van der Waals surface area contributed by atoms with E-state index in [1.165, 1.54) is 6.33 Å². The number of rotatable bonds is 7. The summed E-state index contributed by atoms with van der Waals surface area (Å²) < 4.78 is 7.26. The average Bonchev–Trinajstić information content (AvgIpc) is 2.89. The second kappa shape index (κ2) is 7.47. The molecule has 1 aromatic rings. The highest BCUT2D eigenvalue weighted by molar-refractivity contribution is 5.95. The monoisotopic (exact) mass is 277 g/mol. The molecule has 6 heteroatoms. The minimum Gasteiger partial charge on any atom is -0.475 e. The van der Waals surface area contributed by atoms with E-state index in [0.717, 1.165) is 18.7 Å². The third-order valence-corrected chi connectivity index (χ3v) is 2.83. The van der Waals surface area contributed by atoms with E-state index in [9.17, 15) is 0 Å². The van der Waals surface area contributed by atoms with Crippen LogP contribution in [0.15, 0.2) is 30.9 Å². The van der Waals surface area contributed by atoms with Gasteiger partial charge in [-0.3, -0.25) is 5.41 Å². The van der Waals surface area contributed by atoms with Crippen molar-refractivity contribution in [1.29, 1.82) is 5.41 Å². The van der Waals surface area contributed by atoms with Crippen molar-refractivity contribution in [3.63, 3.8) is 0 Å². The molecule has 0 fully saturated rings. The Morgan fingerprint density at radius 1 is 1.55 bits per heavy atom. The van der Waals surface area contributed by atoms with Gasteiger partial charge in [0, 0.05) is 14.1 Å². The lowest BCUT2D eigenvalue weighted by molar-refractivity contribution is 0.197. The number of nitrogens with one attached hydrogen (secondary N) is 1. The molecular formula is C14H23N5O. The molecule has 1 unspecified atom stereocenters. The van der Waals surface area contributed by atoms with Crippen LogP contribution in [0.25, 0.3) is 5.82 Å². The molecule has 0 saturated heterocycles. The van der Waals surface area contributed by atoms with Crippen molar-refractivity contribution in [1.82, 2.24) is 19.7 Å². The summed E-state index contributed by atoms with van der Waals surface area (Å²) in [7, 11) is 3.80. The van der Waals surface area contributed by atoms with Crippen molar-refractivity contribution in [2.75, 3.05) is 14.1 Å². The van der Waals surface area contributed by atoms with E-state index in [1.807, 2.05) is 38.9 Å². The molecule has 0 aliphatic rings. The van der Waals surface area contributed by atoms with Gasteiger partial charge < -0.3 is 9.64 Å². The van der Waals surface area contributed by atoms with Crippen LogP contribution in [-0.4, -0.2) is 45.8 Å². The first kappa shape index (κ1) is 15.9. The molecule has 0 saturated carbocycles. The Hall–Kier alpha value is -2.11. The molecule has 110 valence electrons. The van der Waals surface area contributed by atoms with Crippen molar-refractivity contribution >= 4 is 11.7 Å². The van der Waals surface area contributed by atoms with Crippen LogP contribution in [0.1, 0.15) is 26.7 Å². The molecule has 0 bridgehead atoms. The minimum atomic E-state index is -0.0189. The van der Waals surface area contributed by atoms with Crippen molar-refractivity contribution in [2.24, 2.45) is 0 Å². The molecule has 1 heterocycles. The first-order valence-corrected chi connectivity index (χ1v) is 6.57. The first-order valence-electron chi connectivity index (χ1n) is 6.57. The topological polar surface area (TPSA) is 67.0 Å². The molecule has 0 spiro atoms. The highest BCUT2D eigenvalue weighted by Gasteiger charge is 2.15. The van der Waals surface area contributed by atoms with Gasteiger partial charge in [0.2, 0.25) is 5.90 Å². The summed E-state index contributed by atoms with van der Waals surface area (Å²) in [6, 6.07) is 0. The highest BCUT2D eigenvalue weighted by Crippen LogP contribution is 2.15. The highest BCUT2D eigenvalue weighted by atomic mass is 16.5. The maximum Gasteiger partial charge on any atom is 0.212 e. The average molecular weight is 277 g/mol. The number of allylic oxidation sites excluding steroid dienone is 1. The lowest BCUT2D eigenvalue weighted by Gasteiger charge is -2.21. The number of aromatic nitrogens is 3. The van der Waals surface area contributed by atoms with Gasteiger partial charge in [-0.2, -0.15) is 5.10 Å². The van der Waals surface area contributed by atoms with Crippen LogP contribution >= 0.6 is 0 Å². The summed E-state index contributed by atoms with van der Waals surface area (Å²) >= 11 is 0. The quantitative estimate of drug-likeness (QED) is 0.472. The van der Waals surface area contributed by atoms with Crippen LogP contribution in [0.2, 0.25) is 0 Å². The van der Waals surface area contributed by atoms with Crippen LogP contribution in [0.5, 0.6) is 0 Å². The third-order valence-electron chi connectivity index (χ3n) is 2.83. The van der Waals surface area contributed by atoms with E-state index in [4.69, 9.17) is 10.1 Å². The second-order valence-electron chi connectivity index (χ2n) is 4.81. The molecule has 0 aliphatic carbocycles. The fourth-order valence-electron chi connectivity index (χ4n) is 1.83. The van der Waals surface area contributed by atoms with Gasteiger partial charge in [0.05, 0.1) is 11.7 Å². The molecular weight excluding hydrogens is 254 g/mol. The SMILES string of the molecule is C=CCCC(C)OC(=N)/C(C)=C(\N(C)C)n1cncn1. The van der Waals surface area contributed by atoms with Gasteiger partial charge >= 0.3 is 0 Å². The van der Waals surface area contributed by atoms with Crippen LogP contribution in [0.3, 0.4) is 0 Å². The summed E-state index contributed by atoms with van der Waals surface area (Å²) in [5, 5.41) is 12.2. The summed E-state index contributed by atoms with van der Waals surface area (Å²) in [6.07, 6.45) is 6.63. The number of ether oxygens (including phenoxy) is 1. The largest absolute Gasteiger partial charge is 0.475 e. The standard InChI is InChI=1S/C14H23N5O/c1-6-7-8-11(2)20-13(15)12(3)14(18(4)5)19-10-16-9-17-19/h6,9-11,15H,1,7-8H2,2-5H3/b14-12+,15-13?. The van der Waals surface area contributed by atoms with Crippen molar-refractivity contribution in [3.8, 4) is 0 Å². The van der Waals surface area contributed by atoms with Gasteiger partial charge in [-0.15, -0.1) is 6.58 Å². The maximum atomic E-state index is 8.09. The predicted molar refractivity (Wildman–Crippen MR) is 80.3 cm³/mol. The Balaban J connectivity index is 2.87. The van der Waals surface area contributed by atoms with Crippen LogP contribution in [0.4, 0.5) is 0 Å². The van der Waals surface area contributed by atoms with Crippen LogP contribution < -0.4 is 0 Å². The Kier molecular flexibility index (Phi) is 5.96. The molecule has 1 N–H and O–H groups in total. The van der Waals surface area contributed by atoms with E-state index >= 15 is 0 Å². The molecule has 0 aliphatic heterocycles. The summed E-state index contributed by atoms with van der Waals surface area (Å²) in [6.45, 7) is 7.49. The molecule has 6 nitrogen and oxygen atoms in total. The lowest BCUT2D eigenvalue weighted by atomic mass is 10.2. The van der Waals surface area contributed by atoms with Crippen molar-refractivity contribution in [2.45, 2.75) is 32.8 Å². The summed E-state index contributed by atoms with van der Waals surface area (Å²) in [4.78, 5) is 5.82. The molecule has 0 aromatic carbocycles. The maximum absolute atomic E-state index is 8.09. The molecule has 1 aromatic heterocycles. The minimum absolute atomic E-state index is 0.0189. The van der Waals surface area contributed by atoms with Crippen molar-refractivity contribution < 1.29 is 4.74 Å². The zero-order valence-corrected chi connectivity index (χ0v) is 12.6. The second-order valence-corrected chi connectivity index (χ2v) is 4.81. The molecule has 20 heavy (non-hydrogen) atoms. The first-order chi connectivity index (χ1) is 9.47. The van der Waals surface area contributed by atoms with Crippen LogP contribution in [-0.2, 0) is 4.74 Å². The predicted octanol–water partition coefficient (Wildman–Crippen LogP) is 2.38. The lowest BCUT2D eigenvalue weighted by Crippen LogP contribution is -2.23. The van der Waals surface area contributed by atoms with Gasteiger partial charge in [-0.25, -0.2) is 9.67 Å². The van der Waals surface area contributed by atoms with Crippen molar-refractivity contribution in [3.05, 3.63) is 30.9 Å². The number of hydrogen-bond acceptors (Lipinski definition) is 5. The van der Waals surface area contributed by atoms with E-state index < -0.39 is 0 Å². The van der Waals surface area contributed by atoms with Gasteiger partial charge in [0.25, 0.3) is 0 Å². The van der Waals surface area contributed by atoms with E-state index in [0.29, 0.717) is 5.57 Å². The third kappa shape index (κ3) is 4.22. The summed E-state index contributed by atoms with van der Waals surface area (Å²) in [5.74, 6) is 0.921. The van der Waals surface area contributed by atoms with E-state index in [2.05, 4.69) is 16.7 Å². The van der Waals surface area contributed by atoms with E-state index in [-0.39, 0.29) is 12.0 Å². The number of nitrogens with zero attached hydrogens (tertiary/aromatic N) is 4. The Morgan fingerprint density at radius 3 is 2.75 bits per heavy atom. The Morgan fingerprint density at radius 2 is 2.25 bits per heavy atom. The van der Waals surface area contributed by atoms with Gasteiger partial charge in [-0.1, -0.05) is 6.08 Å². The molecule has 1 atom stereocenters. The van der Waals surface area contributed by atoms with E-state index in [1.54, 1.807) is 11.0 Å². The number of hydrogen-bond donors (Lipinski definition) is 1. The molecule has 1 rings (SSSR count).